The van der Waals surface area contributed by atoms with Gasteiger partial charge in [-0.05, 0) is 44.0 Å². The van der Waals surface area contributed by atoms with Crippen LogP contribution in [0.3, 0.4) is 0 Å². The molecule has 1 atom stereocenters. The highest BCUT2D eigenvalue weighted by molar-refractivity contribution is 5.56. The van der Waals surface area contributed by atoms with Crippen molar-refractivity contribution in [2.45, 2.75) is 12.8 Å². The van der Waals surface area contributed by atoms with Gasteiger partial charge in [0.25, 0.3) is 0 Å². The van der Waals surface area contributed by atoms with E-state index in [2.05, 4.69) is 29.4 Å². The summed E-state index contributed by atoms with van der Waals surface area (Å²) in [6, 6.07) is 6.15. The van der Waals surface area contributed by atoms with Crippen LogP contribution in [0.15, 0.2) is 18.2 Å². The molecule has 98 valence electrons. The molecule has 1 saturated heterocycles. The van der Waals surface area contributed by atoms with E-state index in [4.69, 9.17) is 9.47 Å². The molecule has 2 aliphatic heterocycles. The molecule has 2 heterocycles. The third-order valence-corrected chi connectivity index (χ3v) is 3.83. The molecule has 0 bridgehead atoms. The quantitative estimate of drug-likeness (QED) is 0.881. The maximum atomic E-state index is 5.41. The summed E-state index contributed by atoms with van der Waals surface area (Å²) in [4.78, 5) is 2.29. The van der Waals surface area contributed by atoms with Crippen LogP contribution in [0.25, 0.3) is 0 Å². The Balaban J connectivity index is 1.59. The van der Waals surface area contributed by atoms with Gasteiger partial charge in [0.2, 0.25) is 6.79 Å². The maximum Gasteiger partial charge on any atom is 0.231 e. The SMILES string of the molecule is CN(CCC1CCNC1)c1ccc2c(c1)OCO2. The summed E-state index contributed by atoms with van der Waals surface area (Å²) in [7, 11) is 2.14. The molecular weight excluding hydrogens is 228 g/mol. The second kappa shape index (κ2) is 5.06. The lowest BCUT2D eigenvalue weighted by atomic mass is 10.0. The van der Waals surface area contributed by atoms with Crippen molar-refractivity contribution in [3.05, 3.63) is 18.2 Å². The Hall–Kier alpha value is -1.42. The minimum Gasteiger partial charge on any atom is -0.454 e. The normalized spacial score (nSPS) is 21.3. The third-order valence-electron chi connectivity index (χ3n) is 3.83. The largest absolute Gasteiger partial charge is 0.454 e. The number of ether oxygens (including phenoxy) is 2. The lowest BCUT2D eigenvalue weighted by molar-refractivity contribution is 0.174. The van der Waals surface area contributed by atoms with Gasteiger partial charge in [0, 0.05) is 25.3 Å². The van der Waals surface area contributed by atoms with E-state index >= 15 is 0 Å². The van der Waals surface area contributed by atoms with Crippen LogP contribution < -0.4 is 19.7 Å². The lowest BCUT2D eigenvalue weighted by Gasteiger charge is -2.21. The average Bonchev–Trinajstić information content (AvgIpc) is 3.05. The molecule has 18 heavy (non-hydrogen) atoms. The molecule has 1 unspecified atom stereocenters. The van der Waals surface area contributed by atoms with Crippen LogP contribution in [0, 0.1) is 5.92 Å². The van der Waals surface area contributed by atoms with E-state index in [1.54, 1.807) is 0 Å². The standard InChI is InChI=1S/C14H20N2O2/c1-16(7-5-11-4-6-15-9-11)12-2-3-13-14(8-12)18-10-17-13/h2-3,8,11,15H,4-7,9-10H2,1H3. The molecule has 0 aromatic heterocycles. The summed E-state index contributed by atoms with van der Waals surface area (Å²) in [6.07, 6.45) is 2.56. The van der Waals surface area contributed by atoms with Crippen molar-refractivity contribution in [3.8, 4) is 11.5 Å². The zero-order valence-electron chi connectivity index (χ0n) is 10.8. The average molecular weight is 248 g/mol. The van der Waals surface area contributed by atoms with Crippen LogP contribution in [-0.4, -0.2) is 33.5 Å². The van der Waals surface area contributed by atoms with Crippen LogP contribution in [0.4, 0.5) is 5.69 Å². The Morgan fingerprint density at radius 1 is 1.33 bits per heavy atom. The Morgan fingerprint density at radius 2 is 2.22 bits per heavy atom. The van der Waals surface area contributed by atoms with Crippen molar-refractivity contribution in [2.24, 2.45) is 5.92 Å². The Kier molecular flexibility index (Phi) is 3.28. The molecule has 1 fully saturated rings. The van der Waals surface area contributed by atoms with Crippen molar-refractivity contribution < 1.29 is 9.47 Å². The molecule has 0 aliphatic carbocycles. The van der Waals surface area contributed by atoms with Crippen molar-refractivity contribution in [1.82, 2.24) is 5.32 Å². The Labute approximate surface area is 108 Å². The molecule has 0 amide bonds. The van der Waals surface area contributed by atoms with Gasteiger partial charge < -0.3 is 19.7 Å². The topological polar surface area (TPSA) is 33.7 Å². The zero-order chi connectivity index (χ0) is 12.4. The van der Waals surface area contributed by atoms with E-state index in [9.17, 15) is 0 Å². The maximum absolute atomic E-state index is 5.41. The number of anilines is 1. The molecule has 0 saturated carbocycles. The van der Waals surface area contributed by atoms with Crippen molar-refractivity contribution >= 4 is 5.69 Å². The molecular formula is C14H20N2O2. The van der Waals surface area contributed by atoms with Gasteiger partial charge >= 0.3 is 0 Å². The summed E-state index contributed by atoms with van der Waals surface area (Å²) in [5.74, 6) is 2.55. The molecule has 0 radical (unpaired) electrons. The minimum atomic E-state index is 0.343. The number of benzene rings is 1. The van der Waals surface area contributed by atoms with E-state index in [1.807, 2.05) is 6.07 Å². The predicted octanol–water partition coefficient (Wildman–Crippen LogP) is 1.85. The Morgan fingerprint density at radius 3 is 3.06 bits per heavy atom. The van der Waals surface area contributed by atoms with E-state index in [1.165, 1.54) is 31.6 Å². The fourth-order valence-electron chi connectivity index (χ4n) is 2.59. The number of rotatable bonds is 4. The number of nitrogens with zero attached hydrogens (tertiary/aromatic N) is 1. The first-order valence-corrected chi connectivity index (χ1v) is 6.64. The van der Waals surface area contributed by atoms with Crippen LogP contribution >= 0.6 is 0 Å². The molecule has 0 spiro atoms. The first-order chi connectivity index (χ1) is 8.83. The molecule has 4 nitrogen and oxygen atoms in total. The number of hydrogen-bond acceptors (Lipinski definition) is 4. The second-order valence-corrected chi connectivity index (χ2v) is 5.11. The fourth-order valence-corrected chi connectivity index (χ4v) is 2.59. The first-order valence-electron chi connectivity index (χ1n) is 6.64. The third kappa shape index (κ3) is 2.38. The van der Waals surface area contributed by atoms with Gasteiger partial charge in [-0.1, -0.05) is 0 Å². The first kappa shape index (κ1) is 11.7. The van der Waals surface area contributed by atoms with Crippen molar-refractivity contribution in [1.29, 1.82) is 0 Å². The summed E-state index contributed by atoms with van der Waals surface area (Å²) >= 11 is 0. The van der Waals surface area contributed by atoms with Crippen LogP contribution in [-0.2, 0) is 0 Å². The predicted molar refractivity (Wildman–Crippen MR) is 71.4 cm³/mol. The lowest BCUT2D eigenvalue weighted by Crippen LogP contribution is -2.21. The van der Waals surface area contributed by atoms with Crippen molar-refractivity contribution in [2.75, 3.05) is 38.4 Å². The van der Waals surface area contributed by atoms with E-state index in [-0.39, 0.29) is 0 Å². The van der Waals surface area contributed by atoms with Gasteiger partial charge in [-0.2, -0.15) is 0 Å². The molecule has 2 aliphatic rings. The van der Waals surface area contributed by atoms with Gasteiger partial charge in [-0.3, -0.25) is 0 Å². The van der Waals surface area contributed by atoms with Crippen LogP contribution in [0.2, 0.25) is 0 Å². The molecule has 1 aromatic carbocycles. The highest BCUT2D eigenvalue weighted by Gasteiger charge is 2.17. The molecule has 4 heteroatoms. The zero-order valence-corrected chi connectivity index (χ0v) is 10.8. The summed E-state index contributed by atoms with van der Waals surface area (Å²) in [5, 5.41) is 3.41. The van der Waals surface area contributed by atoms with Gasteiger partial charge in [0.05, 0.1) is 0 Å². The summed E-state index contributed by atoms with van der Waals surface area (Å²) in [5.41, 5.74) is 1.20. The van der Waals surface area contributed by atoms with Crippen molar-refractivity contribution in [3.63, 3.8) is 0 Å². The monoisotopic (exact) mass is 248 g/mol. The summed E-state index contributed by atoms with van der Waals surface area (Å²) < 4.78 is 10.7. The van der Waals surface area contributed by atoms with Gasteiger partial charge in [0.15, 0.2) is 11.5 Å². The number of hydrogen-bond donors (Lipinski definition) is 1. The fraction of sp³-hybridized carbons (Fsp3) is 0.571. The van der Waals surface area contributed by atoms with E-state index in [0.717, 1.165) is 24.0 Å². The minimum absolute atomic E-state index is 0.343. The molecule has 1 N–H and O–H groups in total. The number of nitrogens with one attached hydrogen (secondary N) is 1. The molecule has 1 aromatic rings. The summed E-state index contributed by atoms with van der Waals surface area (Å²) in [6.45, 7) is 3.79. The van der Waals surface area contributed by atoms with Crippen LogP contribution in [0.1, 0.15) is 12.8 Å². The highest BCUT2D eigenvalue weighted by atomic mass is 16.7. The van der Waals surface area contributed by atoms with Gasteiger partial charge in [-0.15, -0.1) is 0 Å². The molecule has 3 rings (SSSR count). The highest BCUT2D eigenvalue weighted by Crippen LogP contribution is 2.35. The van der Waals surface area contributed by atoms with Gasteiger partial charge in [0.1, 0.15) is 0 Å². The van der Waals surface area contributed by atoms with Crippen LogP contribution in [0.5, 0.6) is 11.5 Å². The Bertz CT molecular complexity index is 416. The van der Waals surface area contributed by atoms with E-state index < -0.39 is 0 Å². The smallest absolute Gasteiger partial charge is 0.231 e. The van der Waals surface area contributed by atoms with E-state index in [0.29, 0.717) is 6.79 Å². The number of fused-ring (bicyclic) bond motifs is 1. The van der Waals surface area contributed by atoms with Gasteiger partial charge in [-0.25, -0.2) is 0 Å². The second-order valence-electron chi connectivity index (χ2n) is 5.11.